The molecule has 76 valence electrons. The highest BCUT2D eigenvalue weighted by Gasteiger charge is 2.38. The van der Waals surface area contributed by atoms with E-state index < -0.39 is 11.4 Å². The molecule has 0 amide bonds. The van der Waals surface area contributed by atoms with Crippen LogP contribution in [0.2, 0.25) is 0 Å². The van der Waals surface area contributed by atoms with Gasteiger partial charge in [0.15, 0.2) is 5.78 Å². The number of carbonyl (C=O) groups excluding carboxylic acids is 1. The van der Waals surface area contributed by atoms with Gasteiger partial charge in [-0.05, 0) is 13.3 Å². The Morgan fingerprint density at radius 3 is 2.31 bits per heavy atom. The molecule has 1 atom stereocenters. The lowest BCUT2D eigenvalue weighted by Gasteiger charge is -2.20. The van der Waals surface area contributed by atoms with Gasteiger partial charge in [-0.3, -0.25) is 9.59 Å². The molecule has 0 rings (SSSR count). The molecule has 0 aromatic carbocycles. The zero-order valence-corrected chi connectivity index (χ0v) is 8.17. The molecule has 0 aliphatic rings. The van der Waals surface area contributed by atoms with Crippen molar-refractivity contribution in [2.45, 2.75) is 33.1 Å². The summed E-state index contributed by atoms with van der Waals surface area (Å²) in [6.45, 7) is 3.20. The number of carboxylic acid groups (broad SMARTS) is 1. The monoisotopic (exact) mass is 187 g/mol. The van der Waals surface area contributed by atoms with Crippen LogP contribution in [0.3, 0.4) is 0 Å². The Bertz CT molecular complexity index is 203. The molecule has 0 fully saturated rings. The first kappa shape index (κ1) is 12.1. The molecule has 0 saturated heterocycles. The molecule has 0 aromatic heterocycles. The van der Waals surface area contributed by atoms with E-state index >= 15 is 0 Å². The van der Waals surface area contributed by atoms with Crippen LogP contribution in [0.25, 0.3) is 0 Å². The lowest BCUT2D eigenvalue weighted by atomic mass is 9.83. The summed E-state index contributed by atoms with van der Waals surface area (Å²) < 4.78 is 0. The van der Waals surface area contributed by atoms with Crippen molar-refractivity contribution in [2.75, 3.05) is 6.54 Å². The number of aliphatic carboxylic acids is 1. The second-order valence-electron chi connectivity index (χ2n) is 3.37. The fourth-order valence-corrected chi connectivity index (χ4v) is 0.934. The van der Waals surface area contributed by atoms with Gasteiger partial charge in [-0.2, -0.15) is 0 Å². The van der Waals surface area contributed by atoms with Gasteiger partial charge in [0.25, 0.3) is 0 Å². The molecule has 0 heterocycles. The Morgan fingerprint density at radius 1 is 1.46 bits per heavy atom. The third kappa shape index (κ3) is 2.81. The molecule has 1 unspecified atom stereocenters. The first-order chi connectivity index (χ1) is 5.99. The highest BCUT2D eigenvalue weighted by molar-refractivity contribution is 6.02. The highest BCUT2D eigenvalue weighted by Crippen LogP contribution is 2.19. The molecule has 4 heteroatoms. The van der Waals surface area contributed by atoms with Gasteiger partial charge in [-0.25, -0.2) is 0 Å². The Labute approximate surface area is 78.1 Å². The van der Waals surface area contributed by atoms with Gasteiger partial charge in [0.05, 0.1) is 0 Å². The first-order valence-corrected chi connectivity index (χ1v) is 4.45. The minimum absolute atomic E-state index is 0.134. The van der Waals surface area contributed by atoms with E-state index in [0.29, 0.717) is 6.42 Å². The van der Waals surface area contributed by atoms with Gasteiger partial charge in [0.2, 0.25) is 0 Å². The van der Waals surface area contributed by atoms with Gasteiger partial charge >= 0.3 is 5.97 Å². The molecular formula is C9H17NO3. The maximum Gasteiger partial charge on any atom is 0.318 e. The average molecular weight is 187 g/mol. The van der Waals surface area contributed by atoms with E-state index in [1.807, 2.05) is 6.92 Å². The minimum Gasteiger partial charge on any atom is -0.480 e. The zero-order chi connectivity index (χ0) is 10.5. The van der Waals surface area contributed by atoms with Crippen molar-refractivity contribution in [3.8, 4) is 0 Å². The van der Waals surface area contributed by atoms with E-state index in [0.717, 1.165) is 12.8 Å². The Hall–Kier alpha value is -0.900. The number of carbonyl (C=O) groups is 2. The van der Waals surface area contributed by atoms with Gasteiger partial charge in [0, 0.05) is 13.0 Å². The minimum atomic E-state index is -1.39. The normalized spacial score (nSPS) is 15.0. The first-order valence-electron chi connectivity index (χ1n) is 4.45. The highest BCUT2D eigenvalue weighted by atomic mass is 16.4. The van der Waals surface area contributed by atoms with Crippen molar-refractivity contribution in [2.24, 2.45) is 11.1 Å². The number of unbranched alkanes of at least 4 members (excludes halogenated alkanes) is 1. The van der Waals surface area contributed by atoms with Gasteiger partial charge < -0.3 is 10.8 Å². The van der Waals surface area contributed by atoms with E-state index in [2.05, 4.69) is 0 Å². The van der Waals surface area contributed by atoms with E-state index in [-0.39, 0.29) is 12.3 Å². The van der Waals surface area contributed by atoms with Crippen molar-refractivity contribution in [1.29, 1.82) is 0 Å². The predicted molar refractivity (Wildman–Crippen MR) is 49.3 cm³/mol. The summed E-state index contributed by atoms with van der Waals surface area (Å²) in [4.78, 5) is 22.2. The number of hydrogen-bond acceptors (Lipinski definition) is 3. The SMILES string of the molecule is CCCCC(=O)C(C)(CN)C(=O)O. The summed E-state index contributed by atoms with van der Waals surface area (Å²) in [7, 11) is 0. The number of hydrogen-bond donors (Lipinski definition) is 2. The lowest BCUT2D eigenvalue weighted by Crippen LogP contribution is -2.42. The van der Waals surface area contributed by atoms with E-state index in [1.165, 1.54) is 6.92 Å². The van der Waals surface area contributed by atoms with E-state index in [9.17, 15) is 9.59 Å². The number of rotatable bonds is 6. The summed E-state index contributed by atoms with van der Waals surface area (Å²) in [5, 5.41) is 8.80. The molecule has 0 radical (unpaired) electrons. The summed E-state index contributed by atoms with van der Waals surface area (Å²) in [5.74, 6) is -1.40. The van der Waals surface area contributed by atoms with Crippen LogP contribution in [0.5, 0.6) is 0 Å². The summed E-state index contributed by atoms with van der Waals surface area (Å²) >= 11 is 0. The summed E-state index contributed by atoms with van der Waals surface area (Å²) in [6, 6.07) is 0. The van der Waals surface area contributed by atoms with Crippen LogP contribution in [0.15, 0.2) is 0 Å². The van der Waals surface area contributed by atoms with Crippen LogP contribution in [0.1, 0.15) is 33.1 Å². The quantitative estimate of drug-likeness (QED) is 0.602. The zero-order valence-electron chi connectivity index (χ0n) is 8.17. The number of Topliss-reactive ketones (excluding diaryl/α,β-unsaturated/α-hetero) is 1. The molecule has 0 aliphatic carbocycles. The fraction of sp³-hybridized carbons (Fsp3) is 0.778. The number of carboxylic acids is 1. The third-order valence-electron chi connectivity index (χ3n) is 2.25. The molecule has 0 aromatic rings. The molecule has 0 bridgehead atoms. The molecule has 3 N–H and O–H groups in total. The number of nitrogens with two attached hydrogens (primary N) is 1. The second-order valence-corrected chi connectivity index (χ2v) is 3.37. The number of ketones is 1. The maximum absolute atomic E-state index is 11.4. The molecule has 0 saturated carbocycles. The van der Waals surface area contributed by atoms with Gasteiger partial charge in [-0.1, -0.05) is 13.3 Å². The average Bonchev–Trinajstić information content (AvgIpc) is 2.12. The van der Waals surface area contributed by atoms with Crippen LogP contribution in [-0.2, 0) is 9.59 Å². The Balaban J connectivity index is 4.39. The standard InChI is InChI=1S/C9H17NO3/c1-3-4-5-7(11)9(2,6-10)8(12)13/h3-6,10H2,1-2H3,(H,12,13). The van der Waals surface area contributed by atoms with Crippen LogP contribution in [-0.4, -0.2) is 23.4 Å². The van der Waals surface area contributed by atoms with Crippen LogP contribution in [0.4, 0.5) is 0 Å². The van der Waals surface area contributed by atoms with Crippen molar-refractivity contribution < 1.29 is 14.7 Å². The lowest BCUT2D eigenvalue weighted by molar-refractivity contribution is -0.153. The molecule has 0 aliphatic heterocycles. The molecule has 0 spiro atoms. The fourth-order valence-electron chi connectivity index (χ4n) is 0.934. The van der Waals surface area contributed by atoms with Gasteiger partial charge in [0.1, 0.15) is 5.41 Å². The Kier molecular flexibility index (Phi) is 4.62. The van der Waals surface area contributed by atoms with Crippen LogP contribution < -0.4 is 5.73 Å². The van der Waals surface area contributed by atoms with Crippen molar-refractivity contribution in [1.82, 2.24) is 0 Å². The largest absolute Gasteiger partial charge is 0.480 e. The third-order valence-corrected chi connectivity index (χ3v) is 2.25. The van der Waals surface area contributed by atoms with Crippen LogP contribution >= 0.6 is 0 Å². The predicted octanol–water partition coefficient (Wildman–Crippen LogP) is 0.795. The maximum atomic E-state index is 11.4. The van der Waals surface area contributed by atoms with Crippen molar-refractivity contribution in [3.05, 3.63) is 0 Å². The van der Waals surface area contributed by atoms with E-state index in [1.54, 1.807) is 0 Å². The molecule has 13 heavy (non-hydrogen) atoms. The van der Waals surface area contributed by atoms with Crippen molar-refractivity contribution in [3.63, 3.8) is 0 Å². The van der Waals surface area contributed by atoms with Crippen molar-refractivity contribution >= 4 is 11.8 Å². The summed E-state index contributed by atoms with van der Waals surface area (Å²) in [6.07, 6.45) is 1.91. The molecular weight excluding hydrogens is 170 g/mol. The van der Waals surface area contributed by atoms with Crippen LogP contribution in [0, 0.1) is 5.41 Å². The molecule has 4 nitrogen and oxygen atoms in total. The van der Waals surface area contributed by atoms with Gasteiger partial charge in [-0.15, -0.1) is 0 Å². The second kappa shape index (κ2) is 4.97. The topological polar surface area (TPSA) is 80.4 Å². The smallest absolute Gasteiger partial charge is 0.318 e. The Morgan fingerprint density at radius 2 is 2.00 bits per heavy atom. The van der Waals surface area contributed by atoms with E-state index in [4.69, 9.17) is 10.8 Å². The summed E-state index contributed by atoms with van der Waals surface area (Å²) in [5.41, 5.74) is 3.89.